The maximum absolute atomic E-state index is 13.5. The van der Waals surface area contributed by atoms with Crippen molar-refractivity contribution in [1.29, 1.82) is 0 Å². The minimum absolute atomic E-state index is 0.122. The first kappa shape index (κ1) is 24.4. The fourth-order valence-corrected chi connectivity index (χ4v) is 4.58. The van der Waals surface area contributed by atoms with E-state index in [1.807, 2.05) is 13.0 Å². The van der Waals surface area contributed by atoms with Gasteiger partial charge in [0, 0.05) is 24.7 Å². The van der Waals surface area contributed by atoms with Crippen LogP contribution in [0, 0.1) is 5.82 Å². The second-order valence-corrected chi connectivity index (χ2v) is 9.61. The molecular weight excluding hydrogens is 445 g/mol. The summed E-state index contributed by atoms with van der Waals surface area (Å²) >= 11 is 0. The fraction of sp³-hybridized carbons (Fsp3) is 0.333. The number of furan rings is 1. The van der Waals surface area contributed by atoms with E-state index in [0.717, 1.165) is 24.7 Å². The van der Waals surface area contributed by atoms with Gasteiger partial charge in [0.1, 0.15) is 11.6 Å². The van der Waals surface area contributed by atoms with Crippen LogP contribution in [0.1, 0.15) is 49.5 Å². The van der Waals surface area contributed by atoms with Gasteiger partial charge < -0.3 is 9.73 Å². The molecule has 0 saturated heterocycles. The van der Waals surface area contributed by atoms with Gasteiger partial charge in [0.05, 0.1) is 17.2 Å². The molecule has 0 bridgehead atoms. The highest BCUT2D eigenvalue weighted by molar-refractivity contribution is 7.92. The van der Waals surface area contributed by atoms with Crippen LogP contribution in [-0.2, 0) is 10.0 Å². The van der Waals surface area contributed by atoms with Crippen LogP contribution in [0.2, 0.25) is 0 Å². The van der Waals surface area contributed by atoms with Gasteiger partial charge in [-0.2, -0.15) is 4.98 Å². The molecule has 7 nitrogen and oxygen atoms in total. The second kappa shape index (κ2) is 9.74. The van der Waals surface area contributed by atoms with Gasteiger partial charge in [-0.15, -0.1) is 0 Å². The summed E-state index contributed by atoms with van der Waals surface area (Å²) in [7, 11) is -2.11. The van der Waals surface area contributed by atoms with Crippen molar-refractivity contribution < 1.29 is 22.0 Å². The first-order chi connectivity index (χ1) is 15.6. The molecule has 1 amide bonds. The van der Waals surface area contributed by atoms with Crippen molar-refractivity contribution >= 4 is 38.4 Å². The molecule has 0 unspecified atom stereocenters. The van der Waals surface area contributed by atoms with Crippen LogP contribution in [0.4, 0.5) is 10.2 Å². The molecule has 0 saturated carbocycles. The number of nitrogens with zero attached hydrogens (tertiary/aromatic N) is 2. The maximum atomic E-state index is 13.5. The van der Waals surface area contributed by atoms with E-state index < -0.39 is 15.8 Å². The zero-order valence-electron chi connectivity index (χ0n) is 19.4. The van der Waals surface area contributed by atoms with Crippen molar-refractivity contribution in [2.45, 2.75) is 33.6 Å². The van der Waals surface area contributed by atoms with Crippen molar-refractivity contribution in [3.63, 3.8) is 0 Å². The Kier molecular flexibility index (Phi) is 7.22. The fourth-order valence-electron chi connectivity index (χ4n) is 3.66. The Morgan fingerprint density at radius 2 is 1.91 bits per heavy atom. The Morgan fingerprint density at radius 1 is 1.24 bits per heavy atom. The summed E-state index contributed by atoms with van der Waals surface area (Å²) in [6.07, 6.45) is 4.88. The molecule has 0 aliphatic heterocycles. The number of halogens is 1. The molecule has 33 heavy (non-hydrogen) atoms. The Morgan fingerprint density at radius 3 is 2.45 bits per heavy atom. The first-order valence-electron chi connectivity index (χ1n) is 10.7. The monoisotopic (exact) mass is 473 g/mol. The van der Waals surface area contributed by atoms with E-state index in [2.05, 4.69) is 17.2 Å². The number of aromatic nitrogens is 1. The molecule has 3 aromatic rings. The van der Waals surface area contributed by atoms with Gasteiger partial charge in [0.2, 0.25) is 15.7 Å². The minimum Gasteiger partial charge on any atom is -0.437 e. The van der Waals surface area contributed by atoms with E-state index in [-0.39, 0.29) is 35.3 Å². The van der Waals surface area contributed by atoms with Crippen LogP contribution in [0.25, 0.3) is 28.0 Å². The van der Waals surface area contributed by atoms with E-state index >= 15 is 0 Å². The van der Waals surface area contributed by atoms with Crippen LogP contribution in [0.3, 0.4) is 0 Å². The zero-order valence-corrected chi connectivity index (χ0v) is 20.2. The van der Waals surface area contributed by atoms with Crippen molar-refractivity contribution in [3.05, 3.63) is 53.4 Å². The number of hydrogen-bond donors (Lipinski definition) is 1. The molecule has 0 radical (unpaired) electrons. The number of amides is 1. The quantitative estimate of drug-likeness (QED) is 0.498. The Balaban J connectivity index is 2.40. The molecule has 9 heteroatoms. The number of sulfonamides is 1. The van der Waals surface area contributed by atoms with Gasteiger partial charge in [-0.25, -0.2) is 12.8 Å². The number of pyridine rings is 1. The van der Waals surface area contributed by atoms with E-state index in [9.17, 15) is 17.6 Å². The zero-order chi connectivity index (χ0) is 24.3. The summed E-state index contributed by atoms with van der Waals surface area (Å²) < 4.78 is 45.7. The standard InChI is InChI=1S/C24H28FN3O4S/c1-6-8-9-15(3)18-14-19-20(23(29)26-4)21(16-10-12-17(25)13-11-16)32-24(19)27-22(18)28(7-2)33(5,30)31/h9-14H,6-8H2,1-5H3,(H,26,29). The highest BCUT2D eigenvalue weighted by Crippen LogP contribution is 2.38. The molecule has 0 aliphatic rings. The molecule has 0 atom stereocenters. The molecule has 0 spiro atoms. The molecular formula is C24H28FN3O4S. The second-order valence-electron chi connectivity index (χ2n) is 7.71. The Bertz CT molecular complexity index is 1310. The number of allylic oxidation sites excluding steroid dienone is 2. The number of carbonyl (C=O) groups is 1. The highest BCUT2D eigenvalue weighted by atomic mass is 32.2. The molecule has 0 aliphatic carbocycles. The smallest absolute Gasteiger partial charge is 0.255 e. The van der Waals surface area contributed by atoms with E-state index in [4.69, 9.17) is 4.42 Å². The third-order valence-corrected chi connectivity index (χ3v) is 6.54. The largest absolute Gasteiger partial charge is 0.437 e. The molecule has 2 heterocycles. The van der Waals surface area contributed by atoms with Gasteiger partial charge in [-0.05, 0) is 56.2 Å². The van der Waals surface area contributed by atoms with Crippen LogP contribution < -0.4 is 9.62 Å². The van der Waals surface area contributed by atoms with Crippen LogP contribution in [0.5, 0.6) is 0 Å². The average Bonchev–Trinajstić information content (AvgIpc) is 3.14. The van der Waals surface area contributed by atoms with Gasteiger partial charge in [-0.1, -0.05) is 19.4 Å². The molecule has 3 rings (SSSR count). The molecule has 0 fully saturated rings. The lowest BCUT2D eigenvalue weighted by Gasteiger charge is -2.22. The highest BCUT2D eigenvalue weighted by Gasteiger charge is 2.27. The average molecular weight is 474 g/mol. The van der Waals surface area contributed by atoms with E-state index in [0.29, 0.717) is 16.5 Å². The summed E-state index contributed by atoms with van der Waals surface area (Å²) in [5.74, 6) is -0.334. The van der Waals surface area contributed by atoms with Crippen molar-refractivity contribution in [1.82, 2.24) is 10.3 Å². The predicted octanol–water partition coefficient (Wildman–Crippen LogP) is 4.98. The van der Waals surface area contributed by atoms with Crippen LogP contribution in [0.15, 0.2) is 40.8 Å². The minimum atomic E-state index is -3.61. The topological polar surface area (TPSA) is 92.5 Å². The maximum Gasteiger partial charge on any atom is 0.255 e. The van der Waals surface area contributed by atoms with Gasteiger partial charge >= 0.3 is 0 Å². The van der Waals surface area contributed by atoms with Crippen molar-refractivity contribution in [2.24, 2.45) is 0 Å². The lowest BCUT2D eigenvalue weighted by molar-refractivity contribution is 0.0964. The Labute approximate surface area is 193 Å². The molecule has 1 aromatic carbocycles. The normalized spacial score (nSPS) is 12.2. The number of anilines is 1. The van der Waals surface area contributed by atoms with Crippen molar-refractivity contribution in [3.8, 4) is 11.3 Å². The third-order valence-electron chi connectivity index (χ3n) is 5.31. The van der Waals surface area contributed by atoms with Gasteiger partial charge in [0.15, 0.2) is 5.82 Å². The predicted molar refractivity (Wildman–Crippen MR) is 129 cm³/mol. The number of nitrogens with one attached hydrogen (secondary N) is 1. The SMILES string of the molecule is CCCC=C(C)c1cc2c(C(=O)NC)c(-c3ccc(F)cc3)oc2nc1N(CC)S(C)(=O)=O. The summed E-state index contributed by atoms with van der Waals surface area (Å²) in [6.45, 7) is 5.84. The summed E-state index contributed by atoms with van der Waals surface area (Å²) in [5.41, 5.74) is 2.32. The lowest BCUT2D eigenvalue weighted by atomic mass is 10.0. The third kappa shape index (κ3) is 4.93. The summed E-state index contributed by atoms with van der Waals surface area (Å²) in [4.78, 5) is 17.4. The van der Waals surface area contributed by atoms with Gasteiger partial charge in [-0.3, -0.25) is 9.10 Å². The number of unbranched alkanes of at least 4 members (excludes halogenated alkanes) is 1. The Hall–Kier alpha value is -3.20. The van der Waals surface area contributed by atoms with Crippen molar-refractivity contribution in [2.75, 3.05) is 24.2 Å². The molecule has 176 valence electrons. The van der Waals surface area contributed by atoms with Crippen LogP contribution in [-0.4, -0.2) is 39.2 Å². The first-order valence-corrected chi connectivity index (χ1v) is 12.6. The van der Waals surface area contributed by atoms with Gasteiger partial charge in [0.25, 0.3) is 5.91 Å². The number of hydrogen-bond acceptors (Lipinski definition) is 5. The van der Waals surface area contributed by atoms with E-state index in [1.54, 1.807) is 13.0 Å². The van der Waals surface area contributed by atoms with E-state index in [1.165, 1.54) is 35.6 Å². The molecule has 1 N–H and O–H groups in total. The number of fused-ring (bicyclic) bond motifs is 1. The molecule has 2 aromatic heterocycles. The number of benzene rings is 1. The lowest BCUT2D eigenvalue weighted by Crippen LogP contribution is -2.31. The summed E-state index contributed by atoms with van der Waals surface area (Å²) in [5, 5.41) is 3.06. The van der Waals surface area contributed by atoms with Crippen LogP contribution >= 0.6 is 0 Å². The number of carbonyl (C=O) groups excluding carboxylic acids is 1. The summed E-state index contributed by atoms with van der Waals surface area (Å²) in [6, 6.07) is 7.33. The number of rotatable bonds is 8.